The lowest BCUT2D eigenvalue weighted by molar-refractivity contribution is 0.811. The maximum absolute atomic E-state index is 5.63. The maximum atomic E-state index is 5.63. The van der Waals surface area contributed by atoms with Crippen LogP contribution in [-0.2, 0) is 0 Å². The molecule has 0 aromatic heterocycles. The van der Waals surface area contributed by atoms with Crippen molar-refractivity contribution in [2.45, 2.75) is 25.7 Å². The summed E-state index contributed by atoms with van der Waals surface area (Å²) in [5, 5.41) is 0. The van der Waals surface area contributed by atoms with Gasteiger partial charge < -0.3 is 5.73 Å². The summed E-state index contributed by atoms with van der Waals surface area (Å²) in [4.78, 5) is 0. The Morgan fingerprint density at radius 1 is 1.33 bits per heavy atom. The fourth-order valence-corrected chi connectivity index (χ4v) is 0.960. The van der Waals surface area contributed by atoms with Crippen LogP contribution in [0.15, 0.2) is 23.9 Å². The Morgan fingerprint density at radius 2 is 2.22 bits per heavy atom. The van der Waals surface area contributed by atoms with Gasteiger partial charge in [-0.3, -0.25) is 0 Å². The van der Waals surface area contributed by atoms with Gasteiger partial charge in [0.25, 0.3) is 0 Å². The number of hydrogen-bond acceptors (Lipinski definition) is 1. The van der Waals surface area contributed by atoms with E-state index in [9.17, 15) is 0 Å². The van der Waals surface area contributed by atoms with E-state index in [2.05, 4.69) is 18.2 Å². The van der Waals surface area contributed by atoms with E-state index in [1.807, 2.05) is 0 Å². The molecule has 2 N–H and O–H groups in total. The van der Waals surface area contributed by atoms with E-state index in [-0.39, 0.29) is 0 Å². The Balaban J connectivity index is 2.44. The molecule has 0 fully saturated rings. The van der Waals surface area contributed by atoms with Gasteiger partial charge in [0, 0.05) is 5.70 Å². The van der Waals surface area contributed by atoms with Crippen molar-refractivity contribution in [1.29, 1.82) is 0 Å². The SMILES string of the molecule is N/C1=C/C/C=C\CCC1. The van der Waals surface area contributed by atoms with Crippen molar-refractivity contribution < 1.29 is 0 Å². The molecule has 0 saturated heterocycles. The first-order valence-electron chi connectivity index (χ1n) is 3.49. The zero-order valence-corrected chi connectivity index (χ0v) is 5.64. The molecule has 1 heteroatoms. The summed E-state index contributed by atoms with van der Waals surface area (Å²) in [7, 11) is 0. The van der Waals surface area contributed by atoms with E-state index >= 15 is 0 Å². The van der Waals surface area contributed by atoms with Gasteiger partial charge in [0.15, 0.2) is 0 Å². The minimum absolute atomic E-state index is 1.02. The van der Waals surface area contributed by atoms with Crippen molar-refractivity contribution in [3.8, 4) is 0 Å². The molecule has 0 atom stereocenters. The van der Waals surface area contributed by atoms with E-state index in [0.29, 0.717) is 0 Å². The molecule has 50 valence electrons. The molecule has 9 heavy (non-hydrogen) atoms. The normalized spacial score (nSPS) is 29.6. The van der Waals surface area contributed by atoms with Crippen LogP contribution in [0.25, 0.3) is 0 Å². The summed E-state index contributed by atoms with van der Waals surface area (Å²) in [5.41, 5.74) is 6.69. The number of hydrogen-bond donors (Lipinski definition) is 1. The number of nitrogens with two attached hydrogens (primary N) is 1. The van der Waals surface area contributed by atoms with Gasteiger partial charge in [-0.1, -0.05) is 18.2 Å². The average Bonchev–Trinajstić information content (AvgIpc) is 1.79. The van der Waals surface area contributed by atoms with Gasteiger partial charge >= 0.3 is 0 Å². The van der Waals surface area contributed by atoms with Crippen LogP contribution in [0, 0.1) is 0 Å². The lowest BCUT2D eigenvalue weighted by Crippen LogP contribution is -1.97. The van der Waals surface area contributed by atoms with Crippen LogP contribution in [0.5, 0.6) is 0 Å². The lowest BCUT2D eigenvalue weighted by atomic mass is 10.1. The van der Waals surface area contributed by atoms with Crippen molar-refractivity contribution in [2.24, 2.45) is 5.73 Å². The summed E-state index contributed by atoms with van der Waals surface area (Å²) in [6, 6.07) is 0. The summed E-state index contributed by atoms with van der Waals surface area (Å²) in [6.07, 6.45) is 11.0. The monoisotopic (exact) mass is 123 g/mol. The molecular formula is C8H13N. The number of rotatable bonds is 0. The molecule has 1 rings (SSSR count). The smallest absolute Gasteiger partial charge is 0.00432 e. The third kappa shape index (κ3) is 2.36. The average molecular weight is 123 g/mol. The van der Waals surface area contributed by atoms with E-state index in [4.69, 9.17) is 5.73 Å². The molecule has 0 aromatic carbocycles. The molecule has 0 radical (unpaired) electrons. The van der Waals surface area contributed by atoms with Gasteiger partial charge in [-0.25, -0.2) is 0 Å². The van der Waals surface area contributed by atoms with Gasteiger partial charge in [-0.05, 0) is 25.7 Å². The summed E-state index contributed by atoms with van der Waals surface area (Å²) < 4.78 is 0. The zero-order chi connectivity index (χ0) is 6.53. The molecule has 0 bridgehead atoms. The Morgan fingerprint density at radius 3 is 3.11 bits per heavy atom. The number of allylic oxidation sites excluding steroid dienone is 4. The molecule has 1 nitrogen and oxygen atoms in total. The summed E-state index contributed by atoms with van der Waals surface area (Å²) in [6.45, 7) is 0. The molecule has 0 spiro atoms. The van der Waals surface area contributed by atoms with Crippen molar-refractivity contribution in [1.82, 2.24) is 0 Å². The van der Waals surface area contributed by atoms with Crippen LogP contribution >= 0.6 is 0 Å². The minimum Gasteiger partial charge on any atom is -0.402 e. The van der Waals surface area contributed by atoms with Crippen LogP contribution in [0.2, 0.25) is 0 Å². The van der Waals surface area contributed by atoms with E-state index < -0.39 is 0 Å². The molecule has 0 amide bonds. The Bertz CT molecular complexity index is 134. The van der Waals surface area contributed by atoms with E-state index in [1.165, 1.54) is 12.8 Å². The molecular weight excluding hydrogens is 110 g/mol. The summed E-state index contributed by atoms with van der Waals surface area (Å²) >= 11 is 0. The fourth-order valence-electron chi connectivity index (χ4n) is 0.960. The first kappa shape index (κ1) is 6.40. The van der Waals surface area contributed by atoms with Crippen LogP contribution in [0.3, 0.4) is 0 Å². The Labute approximate surface area is 56.2 Å². The molecule has 0 unspecified atom stereocenters. The third-order valence-electron chi connectivity index (χ3n) is 1.52. The van der Waals surface area contributed by atoms with Gasteiger partial charge in [0.1, 0.15) is 0 Å². The fraction of sp³-hybridized carbons (Fsp3) is 0.500. The van der Waals surface area contributed by atoms with Gasteiger partial charge in [0.05, 0.1) is 0 Å². The molecule has 1 aliphatic rings. The van der Waals surface area contributed by atoms with Crippen molar-refractivity contribution in [3.63, 3.8) is 0 Å². The van der Waals surface area contributed by atoms with E-state index in [0.717, 1.165) is 18.5 Å². The summed E-state index contributed by atoms with van der Waals surface area (Å²) in [5.74, 6) is 0. The predicted molar refractivity (Wildman–Crippen MR) is 39.9 cm³/mol. The lowest BCUT2D eigenvalue weighted by Gasteiger charge is -2.00. The van der Waals surface area contributed by atoms with Crippen molar-refractivity contribution >= 4 is 0 Å². The molecule has 0 saturated carbocycles. The van der Waals surface area contributed by atoms with E-state index in [1.54, 1.807) is 0 Å². The van der Waals surface area contributed by atoms with Crippen LogP contribution in [-0.4, -0.2) is 0 Å². The standard InChI is InChI=1S/C8H13N/c9-8-6-4-2-1-3-5-7-8/h1-2,6H,3-5,7,9H2/b2-1-,8-6+. The third-order valence-corrected chi connectivity index (χ3v) is 1.52. The molecule has 0 aromatic rings. The van der Waals surface area contributed by atoms with Crippen LogP contribution in [0.4, 0.5) is 0 Å². The second-order valence-corrected chi connectivity index (χ2v) is 2.38. The largest absolute Gasteiger partial charge is 0.402 e. The van der Waals surface area contributed by atoms with Crippen molar-refractivity contribution in [2.75, 3.05) is 0 Å². The molecule has 1 aliphatic carbocycles. The van der Waals surface area contributed by atoms with Crippen LogP contribution < -0.4 is 5.73 Å². The van der Waals surface area contributed by atoms with Gasteiger partial charge in [-0.2, -0.15) is 0 Å². The second-order valence-electron chi connectivity index (χ2n) is 2.38. The minimum atomic E-state index is 1.02. The first-order valence-corrected chi connectivity index (χ1v) is 3.49. The Kier molecular flexibility index (Phi) is 2.37. The van der Waals surface area contributed by atoms with Gasteiger partial charge in [0.2, 0.25) is 0 Å². The maximum Gasteiger partial charge on any atom is 0.00432 e. The molecule has 0 heterocycles. The predicted octanol–water partition coefficient (Wildman–Crippen LogP) is 1.96. The zero-order valence-electron chi connectivity index (χ0n) is 5.64. The highest BCUT2D eigenvalue weighted by molar-refractivity contribution is 5.03. The first-order chi connectivity index (χ1) is 4.39. The Hall–Kier alpha value is -0.720. The van der Waals surface area contributed by atoms with Gasteiger partial charge in [-0.15, -0.1) is 0 Å². The highest BCUT2D eigenvalue weighted by Gasteiger charge is 1.91. The van der Waals surface area contributed by atoms with Crippen molar-refractivity contribution in [3.05, 3.63) is 23.9 Å². The topological polar surface area (TPSA) is 26.0 Å². The molecule has 0 aliphatic heterocycles. The van der Waals surface area contributed by atoms with Crippen LogP contribution in [0.1, 0.15) is 25.7 Å². The quantitative estimate of drug-likeness (QED) is 0.489. The highest BCUT2D eigenvalue weighted by atomic mass is 14.6. The second kappa shape index (κ2) is 3.33. The highest BCUT2D eigenvalue weighted by Crippen LogP contribution is 2.07.